The molecule has 0 fully saturated rings. The summed E-state index contributed by atoms with van der Waals surface area (Å²) in [5.41, 5.74) is 1.23. The van der Waals surface area contributed by atoms with Gasteiger partial charge in [-0.15, -0.1) is 11.6 Å². The number of benzene rings is 1. The van der Waals surface area contributed by atoms with Crippen molar-refractivity contribution in [1.82, 2.24) is 0 Å². The Balaban J connectivity index is 2.61. The van der Waals surface area contributed by atoms with Crippen molar-refractivity contribution in [2.24, 2.45) is 5.92 Å². The molecule has 1 aromatic rings. The van der Waals surface area contributed by atoms with Crippen LogP contribution >= 0.6 is 23.2 Å². The van der Waals surface area contributed by atoms with Gasteiger partial charge in [-0.3, -0.25) is 0 Å². The van der Waals surface area contributed by atoms with E-state index in [4.69, 9.17) is 23.2 Å². The van der Waals surface area contributed by atoms with Crippen LogP contribution in [0.4, 0.5) is 0 Å². The monoisotopic (exact) mass is 244 g/mol. The summed E-state index contributed by atoms with van der Waals surface area (Å²) < 4.78 is 0. The highest BCUT2D eigenvalue weighted by Gasteiger charge is 2.15. The molecule has 0 radical (unpaired) electrons. The summed E-state index contributed by atoms with van der Waals surface area (Å²) in [7, 11) is 0. The molecule has 0 saturated heterocycles. The van der Waals surface area contributed by atoms with Gasteiger partial charge >= 0.3 is 0 Å². The summed E-state index contributed by atoms with van der Waals surface area (Å²) in [6.45, 7) is 4.39. The van der Waals surface area contributed by atoms with Gasteiger partial charge in [-0.1, -0.05) is 50.4 Å². The van der Waals surface area contributed by atoms with Crippen LogP contribution < -0.4 is 0 Å². The topological polar surface area (TPSA) is 0 Å². The first-order chi connectivity index (χ1) is 7.17. The zero-order valence-electron chi connectivity index (χ0n) is 9.34. The van der Waals surface area contributed by atoms with E-state index in [9.17, 15) is 0 Å². The molecule has 0 N–H and O–H groups in total. The molecule has 1 unspecified atom stereocenters. The Morgan fingerprint density at radius 1 is 1.20 bits per heavy atom. The molecular formula is C13H18Cl2. The molecule has 2 heteroatoms. The van der Waals surface area contributed by atoms with Crippen LogP contribution in [0.1, 0.15) is 32.3 Å². The number of hydrogen-bond acceptors (Lipinski definition) is 0. The van der Waals surface area contributed by atoms with Gasteiger partial charge in [0.15, 0.2) is 0 Å². The minimum absolute atomic E-state index is 0.221. The minimum Gasteiger partial charge on any atom is -0.122 e. The van der Waals surface area contributed by atoms with E-state index in [1.54, 1.807) is 0 Å². The average Bonchev–Trinajstić information content (AvgIpc) is 2.19. The lowest BCUT2D eigenvalue weighted by Crippen LogP contribution is -2.16. The first kappa shape index (κ1) is 12.9. The van der Waals surface area contributed by atoms with Crippen LogP contribution in [0.5, 0.6) is 0 Å². The van der Waals surface area contributed by atoms with Gasteiger partial charge in [0.05, 0.1) is 0 Å². The van der Waals surface area contributed by atoms with Crippen LogP contribution in [0.3, 0.4) is 0 Å². The van der Waals surface area contributed by atoms with Crippen molar-refractivity contribution in [2.45, 2.75) is 38.5 Å². The summed E-state index contributed by atoms with van der Waals surface area (Å²) in [4.78, 5) is 0. The highest BCUT2D eigenvalue weighted by molar-refractivity contribution is 6.30. The highest BCUT2D eigenvalue weighted by Crippen LogP contribution is 2.23. The molecule has 0 heterocycles. The molecule has 0 spiro atoms. The van der Waals surface area contributed by atoms with Gasteiger partial charge in [-0.25, -0.2) is 0 Å². The Kier molecular flexibility index (Phi) is 5.49. The van der Waals surface area contributed by atoms with Gasteiger partial charge in [0, 0.05) is 10.4 Å². The summed E-state index contributed by atoms with van der Waals surface area (Å²) in [6.07, 6.45) is 3.20. The summed E-state index contributed by atoms with van der Waals surface area (Å²) >= 11 is 12.3. The SMILES string of the molecule is CCC(CC)C(Cl)Cc1cccc(Cl)c1. The van der Waals surface area contributed by atoms with Gasteiger partial charge in [0.25, 0.3) is 0 Å². The molecule has 1 aromatic carbocycles. The fourth-order valence-corrected chi connectivity index (χ4v) is 2.60. The molecule has 0 aliphatic heterocycles. The van der Waals surface area contributed by atoms with E-state index in [-0.39, 0.29) is 5.38 Å². The smallest absolute Gasteiger partial charge is 0.0408 e. The zero-order chi connectivity index (χ0) is 11.3. The molecule has 0 amide bonds. The van der Waals surface area contributed by atoms with Crippen molar-refractivity contribution in [1.29, 1.82) is 0 Å². The van der Waals surface area contributed by atoms with Crippen molar-refractivity contribution >= 4 is 23.2 Å². The fraction of sp³-hybridized carbons (Fsp3) is 0.538. The van der Waals surface area contributed by atoms with Crippen molar-refractivity contribution in [2.75, 3.05) is 0 Å². The van der Waals surface area contributed by atoms with Gasteiger partial charge in [-0.2, -0.15) is 0 Å². The molecule has 0 bridgehead atoms. The van der Waals surface area contributed by atoms with Crippen LogP contribution in [-0.2, 0) is 6.42 Å². The largest absolute Gasteiger partial charge is 0.122 e. The van der Waals surface area contributed by atoms with Crippen LogP contribution in [0.2, 0.25) is 5.02 Å². The lowest BCUT2D eigenvalue weighted by molar-refractivity contribution is 0.464. The zero-order valence-corrected chi connectivity index (χ0v) is 10.9. The summed E-state index contributed by atoms with van der Waals surface area (Å²) in [5, 5.41) is 1.01. The molecule has 0 saturated carbocycles. The van der Waals surface area contributed by atoms with E-state index >= 15 is 0 Å². The lowest BCUT2D eigenvalue weighted by atomic mass is 9.94. The molecule has 0 aliphatic carbocycles. The molecule has 0 aliphatic rings. The van der Waals surface area contributed by atoms with E-state index in [1.165, 1.54) is 5.56 Å². The maximum absolute atomic E-state index is 6.39. The van der Waals surface area contributed by atoms with Crippen molar-refractivity contribution in [3.05, 3.63) is 34.9 Å². The third kappa shape index (κ3) is 4.04. The second-order valence-corrected chi connectivity index (χ2v) is 4.92. The second-order valence-electron chi connectivity index (χ2n) is 3.93. The van der Waals surface area contributed by atoms with Gasteiger partial charge in [-0.05, 0) is 30.0 Å². The number of rotatable bonds is 5. The molecule has 15 heavy (non-hydrogen) atoms. The van der Waals surface area contributed by atoms with E-state index in [0.717, 1.165) is 24.3 Å². The standard InChI is InChI=1S/C13H18Cl2/c1-3-11(4-2)13(15)9-10-6-5-7-12(14)8-10/h5-8,11,13H,3-4,9H2,1-2H3. The van der Waals surface area contributed by atoms with Crippen LogP contribution in [0, 0.1) is 5.92 Å². The Labute approximate surface area is 103 Å². The minimum atomic E-state index is 0.221. The van der Waals surface area contributed by atoms with Crippen molar-refractivity contribution in [3.8, 4) is 0 Å². The second kappa shape index (κ2) is 6.40. The summed E-state index contributed by atoms with van der Waals surface area (Å²) in [5.74, 6) is 0.602. The average molecular weight is 245 g/mol. The third-order valence-corrected chi connectivity index (χ3v) is 3.63. The van der Waals surface area contributed by atoms with Crippen molar-refractivity contribution in [3.63, 3.8) is 0 Å². The quantitative estimate of drug-likeness (QED) is 0.645. The highest BCUT2D eigenvalue weighted by atomic mass is 35.5. The molecule has 84 valence electrons. The first-order valence-corrected chi connectivity index (χ1v) is 6.37. The van der Waals surface area contributed by atoms with Crippen molar-refractivity contribution < 1.29 is 0 Å². The number of hydrogen-bond donors (Lipinski definition) is 0. The Bertz CT molecular complexity index is 292. The normalized spacial score (nSPS) is 13.1. The molecular weight excluding hydrogens is 227 g/mol. The van der Waals surface area contributed by atoms with E-state index in [2.05, 4.69) is 19.9 Å². The molecule has 0 aromatic heterocycles. The number of alkyl halides is 1. The molecule has 1 atom stereocenters. The van der Waals surface area contributed by atoms with Crippen LogP contribution in [0.25, 0.3) is 0 Å². The third-order valence-electron chi connectivity index (χ3n) is 2.88. The van der Waals surface area contributed by atoms with Gasteiger partial charge in [0.1, 0.15) is 0 Å². The number of halogens is 2. The fourth-order valence-electron chi connectivity index (χ4n) is 1.86. The first-order valence-electron chi connectivity index (χ1n) is 5.55. The predicted octanol–water partition coefficient (Wildman–Crippen LogP) is 4.93. The Morgan fingerprint density at radius 3 is 2.40 bits per heavy atom. The lowest BCUT2D eigenvalue weighted by Gasteiger charge is -2.19. The van der Waals surface area contributed by atoms with Gasteiger partial charge in [0.2, 0.25) is 0 Å². The molecule has 1 rings (SSSR count). The molecule has 0 nitrogen and oxygen atoms in total. The maximum Gasteiger partial charge on any atom is 0.0408 e. The van der Waals surface area contributed by atoms with Gasteiger partial charge < -0.3 is 0 Å². The Morgan fingerprint density at radius 2 is 1.87 bits per heavy atom. The Hall–Kier alpha value is -0.200. The van der Waals surface area contributed by atoms with Crippen LogP contribution in [-0.4, -0.2) is 5.38 Å². The predicted molar refractivity (Wildman–Crippen MR) is 68.9 cm³/mol. The van der Waals surface area contributed by atoms with E-state index in [1.807, 2.05) is 18.2 Å². The summed E-state index contributed by atoms with van der Waals surface area (Å²) in [6, 6.07) is 7.96. The van der Waals surface area contributed by atoms with E-state index < -0.39 is 0 Å². The van der Waals surface area contributed by atoms with E-state index in [0.29, 0.717) is 5.92 Å². The maximum atomic E-state index is 6.39. The van der Waals surface area contributed by atoms with Crippen LogP contribution in [0.15, 0.2) is 24.3 Å².